The number of hydrogen-bond donors (Lipinski definition) is 2. The quantitative estimate of drug-likeness (QED) is 0.215. The molecule has 0 radical (unpaired) electrons. The summed E-state index contributed by atoms with van der Waals surface area (Å²) in [7, 11) is 0. The highest BCUT2D eigenvalue weighted by atomic mass is 35.5. The molecule has 2 aromatic heterocycles. The Hall–Kier alpha value is -4.43. The molecule has 3 aromatic carbocycles. The number of carboxylic acid groups (broad SMARTS) is 1. The summed E-state index contributed by atoms with van der Waals surface area (Å²) in [6.45, 7) is 3.45. The number of fused-ring (bicyclic) bond motifs is 3. The van der Waals surface area contributed by atoms with Crippen LogP contribution >= 0.6 is 11.6 Å². The second kappa shape index (κ2) is 9.39. The van der Waals surface area contributed by atoms with Crippen LogP contribution in [0.5, 0.6) is 0 Å². The van der Waals surface area contributed by atoms with Gasteiger partial charge in [-0.25, -0.2) is 4.79 Å². The van der Waals surface area contributed by atoms with Crippen molar-refractivity contribution in [3.63, 3.8) is 0 Å². The van der Waals surface area contributed by atoms with Crippen molar-refractivity contribution in [2.75, 3.05) is 5.32 Å². The van der Waals surface area contributed by atoms with Crippen LogP contribution in [0.4, 0.5) is 10.5 Å². The average molecular weight is 542 g/mol. The number of carboxylic acids is 1. The van der Waals surface area contributed by atoms with E-state index in [-0.39, 0.29) is 0 Å². The number of ether oxygens (including phenoxy) is 1. The molecule has 5 aromatic rings. The topological polar surface area (TPSA) is 115 Å². The fraction of sp³-hybridized carbons (Fsp3) is 0.200. The van der Waals surface area contributed by atoms with Gasteiger partial charge in [0.2, 0.25) is 0 Å². The smallest absolute Gasteiger partial charge is 0.412 e. The Balaban J connectivity index is 1.28. The number of rotatable bonds is 6. The van der Waals surface area contributed by atoms with Crippen LogP contribution in [-0.4, -0.2) is 27.3 Å². The Kier molecular flexibility index (Phi) is 5.99. The summed E-state index contributed by atoms with van der Waals surface area (Å²) >= 11 is 6.24. The van der Waals surface area contributed by atoms with Crippen LogP contribution in [0.3, 0.4) is 0 Å². The van der Waals surface area contributed by atoms with Gasteiger partial charge in [0.25, 0.3) is 0 Å². The molecular formula is C30H24ClN3O5. The van der Waals surface area contributed by atoms with Gasteiger partial charge in [-0.15, -0.1) is 0 Å². The predicted molar refractivity (Wildman–Crippen MR) is 148 cm³/mol. The lowest BCUT2D eigenvalue weighted by Gasteiger charge is -2.15. The molecule has 1 saturated carbocycles. The summed E-state index contributed by atoms with van der Waals surface area (Å²) in [5.41, 5.74) is 3.03. The van der Waals surface area contributed by atoms with E-state index in [2.05, 4.69) is 15.5 Å². The minimum atomic E-state index is -0.783. The van der Waals surface area contributed by atoms with Gasteiger partial charge >= 0.3 is 12.1 Å². The highest BCUT2D eigenvalue weighted by Crippen LogP contribution is 2.49. The molecule has 1 aliphatic carbocycles. The number of aromatic nitrogens is 2. The molecule has 9 heteroatoms. The molecule has 6 rings (SSSR count). The molecule has 0 saturated heterocycles. The number of aliphatic carboxylic acids is 1. The second-order valence-electron chi connectivity index (χ2n) is 9.84. The highest BCUT2D eigenvalue weighted by molar-refractivity contribution is 6.31. The van der Waals surface area contributed by atoms with E-state index in [4.69, 9.17) is 20.9 Å². The van der Waals surface area contributed by atoms with Crippen molar-refractivity contribution >= 4 is 51.0 Å². The van der Waals surface area contributed by atoms with Crippen molar-refractivity contribution < 1.29 is 24.0 Å². The first-order valence-electron chi connectivity index (χ1n) is 12.5. The first-order chi connectivity index (χ1) is 18.8. The lowest BCUT2D eigenvalue weighted by molar-refractivity contribution is -0.140. The zero-order valence-corrected chi connectivity index (χ0v) is 22.0. The molecule has 1 fully saturated rings. The van der Waals surface area contributed by atoms with Crippen LogP contribution in [0.1, 0.15) is 42.8 Å². The van der Waals surface area contributed by atoms with E-state index >= 15 is 0 Å². The van der Waals surface area contributed by atoms with Gasteiger partial charge in [0.15, 0.2) is 5.76 Å². The number of aryl methyl sites for hydroxylation is 1. The van der Waals surface area contributed by atoms with Gasteiger partial charge in [-0.2, -0.15) is 0 Å². The number of hydrogen-bond acceptors (Lipinski definition) is 6. The molecule has 0 aliphatic heterocycles. The van der Waals surface area contributed by atoms with Crippen LogP contribution in [0, 0.1) is 6.92 Å². The number of benzene rings is 3. The zero-order chi connectivity index (χ0) is 27.3. The van der Waals surface area contributed by atoms with Crippen molar-refractivity contribution in [1.29, 1.82) is 0 Å². The van der Waals surface area contributed by atoms with E-state index < -0.39 is 23.6 Å². The number of halogens is 1. The van der Waals surface area contributed by atoms with Gasteiger partial charge in [0.05, 0.1) is 10.9 Å². The molecule has 1 atom stereocenters. The number of nitrogens with one attached hydrogen (secondary N) is 1. The maximum atomic E-state index is 12.7. The summed E-state index contributed by atoms with van der Waals surface area (Å²) in [5, 5.41) is 19.9. The fourth-order valence-electron chi connectivity index (χ4n) is 4.99. The van der Waals surface area contributed by atoms with E-state index in [9.17, 15) is 14.7 Å². The van der Waals surface area contributed by atoms with Crippen molar-refractivity contribution in [2.24, 2.45) is 0 Å². The second-order valence-corrected chi connectivity index (χ2v) is 10.2. The predicted octanol–water partition coefficient (Wildman–Crippen LogP) is 7.43. The Labute approximate surface area is 228 Å². The molecule has 196 valence electrons. The summed E-state index contributed by atoms with van der Waals surface area (Å²) in [5.74, 6) is -0.353. The summed E-state index contributed by atoms with van der Waals surface area (Å²) < 4.78 is 11.0. The van der Waals surface area contributed by atoms with Crippen LogP contribution in [-0.2, 0) is 14.9 Å². The van der Waals surface area contributed by atoms with Crippen LogP contribution in [0.2, 0.25) is 5.02 Å². The van der Waals surface area contributed by atoms with E-state index in [1.807, 2.05) is 48.5 Å². The Morgan fingerprint density at radius 3 is 2.62 bits per heavy atom. The normalized spacial score (nSPS) is 14.7. The van der Waals surface area contributed by atoms with Crippen LogP contribution < -0.4 is 5.32 Å². The maximum Gasteiger partial charge on any atom is 0.412 e. The molecule has 0 bridgehead atoms. The third kappa shape index (κ3) is 4.36. The number of anilines is 1. The van der Waals surface area contributed by atoms with Gasteiger partial charge in [-0.3, -0.25) is 15.1 Å². The Morgan fingerprint density at radius 1 is 1.10 bits per heavy atom. The maximum absolute atomic E-state index is 12.7. The van der Waals surface area contributed by atoms with Gasteiger partial charge in [-0.05, 0) is 55.8 Å². The number of nitrogens with zero attached hydrogens (tertiary/aromatic N) is 2. The molecule has 2 N–H and O–H groups in total. The monoisotopic (exact) mass is 541 g/mol. The number of carbonyl (C=O) groups excluding carboxylic acids is 1. The van der Waals surface area contributed by atoms with Crippen molar-refractivity contribution in [1.82, 2.24) is 10.1 Å². The SMILES string of the molecule is Cc1onc(-c2ccc3c(c2)ncc2cc(C4(C(=O)O)CC4)ccc23)c1NC(=O)OC(C)c1ccccc1Cl. The van der Waals surface area contributed by atoms with Crippen LogP contribution in [0.25, 0.3) is 32.9 Å². The van der Waals surface area contributed by atoms with Crippen LogP contribution in [0.15, 0.2) is 71.4 Å². The molecular weight excluding hydrogens is 518 g/mol. The molecule has 0 spiro atoms. The van der Waals surface area contributed by atoms with Gasteiger partial charge < -0.3 is 14.4 Å². The number of amides is 1. The Bertz CT molecular complexity index is 1780. The first kappa shape index (κ1) is 24.9. The summed E-state index contributed by atoms with van der Waals surface area (Å²) in [6, 6.07) is 18.7. The molecule has 2 heterocycles. The first-order valence-corrected chi connectivity index (χ1v) is 12.9. The lowest BCUT2D eigenvalue weighted by Crippen LogP contribution is -2.19. The highest BCUT2D eigenvalue weighted by Gasteiger charge is 2.51. The van der Waals surface area contributed by atoms with Crippen molar-refractivity contribution in [2.45, 2.75) is 38.2 Å². The van der Waals surface area contributed by atoms with E-state index in [0.717, 1.165) is 27.2 Å². The summed E-state index contributed by atoms with van der Waals surface area (Å²) in [6.07, 6.45) is 1.83. The van der Waals surface area contributed by atoms with E-state index in [1.54, 1.807) is 32.2 Å². The molecule has 1 aliphatic rings. The van der Waals surface area contributed by atoms with Gasteiger partial charge in [-0.1, -0.05) is 59.2 Å². The molecule has 39 heavy (non-hydrogen) atoms. The third-order valence-corrected chi connectivity index (χ3v) is 7.73. The van der Waals surface area contributed by atoms with Gasteiger partial charge in [0, 0.05) is 33.1 Å². The molecule has 8 nitrogen and oxygen atoms in total. The molecule has 1 unspecified atom stereocenters. The minimum absolute atomic E-state index is 0.402. The van der Waals surface area contributed by atoms with Crippen molar-refractivity contribution in [3.8, 4) is 11.3 Å². The third-order valence-electron chi connectivity index (χ3n) is 7.38. The number of pyridine rings is 1. The van der Waals surface area contributed by atoms with E-state index in [1.165, 1.54) is 0 Å². The average Bonchev–Trinajstić information content (AvgIpc) is 3.67. The fourth-order valence-corrected chi connectivity index (χ4v) is 5.28. The minimum Gasteiger partial charge on any atom is -0.481 e. The Morgan fingerprint density at radius 2 is 1.87 bits per heavy atom. The van der Waals surface area contributed by atoms with Gasteiger partial charge in [0.1, 0.15) is 17.5 Å². The standard InChI is InChI=1S/C30H24ClN3O5/c1-16(21-5-3-4-6-24(21)31)38-29(37)33-26-17(2)39-34-27(26)18-7-9-23-22-10-8-20(30(11-12-30)28(35)36)13-19(22)15-32-25(23)14-18/h3-10,13-16H,11-12H2,1-2H3,(H,33,37)(H,35,36). The lowest BCUT2D eigenvalue weighted by atomic mass is 9.93. The summed E-state index contributed by atoms with van der Waals surface area (Å²) in [4.78, 5) is 29.1. The number of carbonyl (C=O) groups is 2. The zero-order valence-electron chi connectivity index (χ0n) is 21.2. The van der Waals surface area contributed by atoms with Crippen molar-refractivity contribution in [3.05, 3.63) is 88.8 Å². The molecule has 1 amide bonds. The van der Waals surface area contributed by atoms with E-state index in [0.29, 0.717) is 46.1 Å². The largest absolute Gasteiger partial charge is 0.481 e.